The summed E-state index contributed by atoms with van der Waals surface area (Å²) in [4.78, 5) is 14.2. The molecular weight excluding hydrogens is 226 g/mol. The van der Waals surface area contributed by atoms with E-state index in [1.54, 1.807) is 0 Å². The van der Waals surface area contributed by atoms with Gasteiger partial charge in [-0.15, -0.1) is 12.4 Å². The number of amides is 1. The minimum absolute atomic E-state index is 0. The molecule has 0 bridgehead atoms. The van der Waals surface area contributed by atoms with Gasteiger partial charge in [0.1, 0.15) is 0 Å². The highest BCUT2D eigenvalue weighted by molar-refractivity contribution is 5.85. The summed E-state index contributed by atoms with van der Waals surface area (Å²) in [7, 11) is 0. The van der Waals surface area contributed by atoms with Gasteiger partial charge in [0, 0.05) is 25.2 Å². The number of carbonyl (C=O) groups excluding carboxylic acids is 1. The van der Waals surface area contributed by atoms with Gasteiger partial charge in [0.05, 0.1) is 5.92 Å². The standard InChI is InChI=1S/C11H21N3O.ClH/c1-8-10(12)4-6-14(8)11(15)9-3-2-5-13-7-9;/h8-10,13H,2-7,12H2,1H3;1H. The fourth-order valence-corrected chi connectivity index (χ4v) is 2.57. The van der Waals surface area contributed by atoms with Crippen LogP contribution in [0, 0.1) is 5.92 Å². The average Bonchev–Trinajstić information content (AvgIpc) is 2.60. The van der Waals surface area contributed by atoms with Crippen LogP contribution in [-0.2, 0) is 4.79 Å². The third kappa shape index (κ3) is 2.67. The normalized spacial score (nSPS) is 34.6. The molecule has 3 unspecified atom stereocenters. The molecule has 1 amide bonds. The van der Waals surface area contributed by atoms with Gasteiger partial charge in [0.15, 0.2) is 0 Å². The first-order valence-electron chi connectivity index (χ1n) is 5.97. The smallest absolute Gasteiger partial charge is 0.227 e. The van der Waals surface area contributed by atoms with Crippen molar-refractivity contribution in [3.8, 4) is 0 Å². The summed E-state index contributed by atoms with van der Waals surface area (Å²) in [6, 6.07) is 0.393. The molecule has 0 aromatic rings. The van der Waals surface area contributed by atoms with Crippen LogP contribution < -0.4 is 11.1 Å². The van der Waals surface area contributed by atoms with E-state index in [9.17, 15) is 4.79 Å². The van der Waals surface area contributed by atoms with Crippen LogP contribution in [0.4, 0.5) is 0 Å². The van der Waals surface area contributed by atoms with Gasteiger partial charge in [-0.1, -0.05) is 0 Å². The molecule has 0 spiro atoms. The van der Waals surface area contributed by atoms with Crippen LogP contribution in [0.5, 0.6) is 0 Å². The van der Waals surface area contributed by atoms with E-state index >= 15 is 0 Å². The van der Waals surface area contributed by atoms with Gasteiger partial charge in [0.2, 0.25) is 5.91 Å². The summed E-state index contributed by atoms with van der Waals surface area (Å²) < 4.78 is 0. The van der Waals surface area contributed by atoms with Gasteiger partial charge in [-0.2, -0.15) is 0 Å². The van der Waals surface area contributed by atoms with Crippen molar-refractivity contribution in [2.45, 2.75) is 38.3 Å². The molecule has 16 heavy (non-hydrogen) atoms. The lowest BCUT2D eigenvalue weighted by molar-refractivity contribution is -0.136. The molecule has 4 nitrogen and oxygen atoms in total. The number of nitrogens with two attached hydrogens (primary N) is 1. The minimum Gasteiger partial charge on any atom is -0.338 e. The molecule has 94 valence electrons. The van der Waals surface area contributed by atoms with Crippen LogP contribution >= 0.6 is 12.4 Å². The molecule has 2 fully saturated rings. The van der Waals surface area contributed by atoms with Crippen molar-refractivity contribution in [2.24, 2.45) is 11.7 Å². The lowest BCUT2D eigenvalue weighted by atomic mass is 9.98. The van der Waals surface area contributed by atoms with Crippen molar-refractivity contribution in [3.63, 3.8) is 0 Å². The number of hydrogen-bond donors (Lipinski definition) is 2. The molecule has 5 heteroatoms. The van der Waals surface area contributed by atoms with Crippen LogP contribution in [0.3, 0.4) is 0 Å². The van der Waals surface area contributed by atoms with Crippen molar-refractivity contribution >= 4 is 18.3 Å². The Kier molecular flexibility index (Phi) is 5.02. The summed E-state index contributed by atoms with van der Waals surface area (Å²) in [5, 5.41) is 3.29. The summed E-state index contributed by atoms with van der Waals surface area (Å²) in [6.07, 6.45) is 3.10. The van der Waals surface area contributed by atoms with Gasteiger partial charge >= 0.3 is 0 Å². The van der Waals surface area contributed by atoms with E-state index in [4.69, 9.17) is 5.73 Å². The monoisotopic (exact) mass is 247 g/mol. The second-order valence-corrected chi connectivity index (χ2v) is 4.77. The van der Waals surface area contributed by atoms with Crippen LogP contribution in [0.25, 0.3) is 0 Å². The zero-order chi connectivity index (χ0) is 10.8. The van der Waals surface area contributed by atoms with Crippen molar-refractivity contribution in [1.29, 1.82) is 0 Å². The van der Waals surface area contributed by atoms with E-state index in [0.29, 0.717) is 5.91 Å². The predicted molar refractivity (Wildman–Crippen MR) is 66.6 cm³/mol. The number of nitrogens with zero attached hydrogens (tertiary/aromatic N) is 1. The summed E-state index contributed by atoms with van der Waals surface area (Å²) in [6.45, 7) is 4.81. The van der Waals surface area contributed by atoms with Crippen molar-refractivity contribution in [3.05, 3.63) is 0 Å². The number of hydrogen-bond acceptors (Lipinski definition) is 3. The summed E-state index contributed by atoms with van der Waals surface area (Å²) >= 11 is 0. The van der Waals surface area contributed by atoms with Crippen LogP contribution in [-0.4, -0.2) is 42.5 Å². The number of likely N-dealkylation sites (tertiary alicyclic amines) is 1. The third-order valence-corrected chi connectivity index (χ3v) is 3.74. The fourth-order valence-electron chi connectivity index (χ4n) is 2.57. The highest BCUT2D eigenvalue weighted by Crippen LogP contribution is 2.21. The van der Waals surface area contributed by atoms with E-state index in [1.807, 2.05) is 4.90 Å². The molecular formula is C11H22ClN3O. The second-order valence-electron chi connectivity index (χ2n) is 4.77. The molecule has 0 radical (unpaired) electrons. The van der Waals surface area contributed by atoms with Crippen LogP contribution in [0.15, 0.2) is 0 Å². The lowest BCUT2D eigenvalue weighted by Crippen LogP contribution is -2.46. The van der Waals surface area contributed by atoms with Crippen molar-refractivity contribution in [1.82, 2.24) is 10.2 Å². The zero-order valence-electron chi connectivity index (χ0n) is 9.82. The maximum atomic E-state index is 12.2. The average molecular weight is 248 g/mol. The Labute approximate surface area is 103 Å². The van der Waals surface area contributed by atoms with E-state index in [1.165, 1.54) is 0 Å². The Bertz CT molecular complexity index is 243. The van der Waals surface area contributed by atoms with Gasteiger partial charge in [0.25, 0.3) is 0 Å². The zero-order valence-corrected chi connectivity index (χ0v) is 10.6. The van der Waals surface area contributed by atoms with E-state index in [-0.39, 0.29) is 30.4 Å². The van der Waals surface area contributed by atoms with Gasteiger partial charge in [-0.3, -0.25) is 4.79 Å². The molecule has 0 aromatic heterocycles. The van der Waals surface area contributed by atoms with Crippen molar-refractivity contribution < 1.29 is 4.79 Å². The van der Waals surface area contributed by atoms with Gasteiger partial charge in [-0.05, 0) is 32.7 Å². The molecule has 2 saturated heterocycles. The molecule has 0 saturated carbocycles. The number of carbonyl (C=O) groups is 1. The molecule has 0 aliphatic carbocycles. The molecule has 2 rings (SSSR count). The maximum absolute atomic E-state index is 12.2. The Balaban J connectivity index is 0.00000128. The molecule has 0 aromatic carbocycles. The Morgan fingerprint density at radius 2 is 2.19 bits per heavy atom. The fraction of sp³-hybridized carbons (Fsp3) is 0.909. The number of piperidine rings is 1. The largest absolute Gasteiger partial charge is 0.338 e. The third-order valence-electron chi connectivity index (χ3n) is 3.74. The maximum Gasteiger partial charge on any atom is 0.227 e. The predicted octanol–water partition coefficient (Wildman–Crippen LogP) is 0.356. The molecule has 3 N–H and O–H groups in total. The first kappa shape index (κ1) is 13.7. The first-order valence-corrected chi connectivity index (χ1v) is 5.97. The van der Waals surface area contributed by atoms with Crippen molar-refractivity contribution in [2.75, 3.05) is 19.6 Å². The van der Waals surface area contributed by atoms with E-state index < -0.39 is 0 Å². The van der Waals surface area contributed by atoms with E-state index in [0.717, 1.165) is 38.9 Å². The number of rotatable bonds is 1. The first-order chi connectivity index (χ1) is 7.20. The Morgan fingerprint density at radius 3 is 2.69 bits per heavy atom. The quantitative estimate of drug-likeness (QED) is 0.703. The number of halogens is 1. The second kappa shape index (κ2) is 5.84. The van der Waals surface area contributed by atoms with Crippen LogP contribution in [0.1, 0.15) is 26.2 Å². The topological polar surface area (TPSA) is 58.4 Å². The SMILES string of the molecule is CC1C(N)CCN1C(=O)C1CCCNC1.Cl. The lowest BCUT2D eigenvalue weighted by Gasteiger charge is -2.30. The highest BCUT2D eigenvalue weighted by Gasteiger charge is 2.35. The van der Waals surface area contributed by atoms with Gasteiger partial charge in [-0.25, -0.2) is 0 Å². The van der Waals surface area contributed by atoms with Gasteiger partial charge < -0.3 is 16.0 Å². The summed E-state index contributed by atoms with van der Waals surface area (Å²) in [5.74, 6) is 0.495. The van der Waals surface area contributed by atoms with E-state index in [2.05, 4.69) is 12.2 Å². The Hall–Kier alpha value is -0.320. The Morgan fingerprint density at radius 1 is 1.44 bits per heavy atom. The molecule has 2 aliphatic rings. The molecule has 2 aliphatic heterocycles. The summed E-state index contributed by atoms with van der Waals surface area (Å²) in [5.41, 5.74) is 5.93. The highest BCUT2D eigenvalue weighted by atomic mass is 35.5. The minimum atomic E-state index is 0. The molecule has 3 atom stereocenters. The molecule has 2 heterocycles. The number of nitrogens with one attached hydrogen (secondary N) is 1. The van der Waals surface area contributed by atoms with Crippen LogP contribution in [0.2, 0.25) is 0 Å².